The fourth-order valence-electron chi connectivity index (χ4n) is 1.78. The zero-order valence-electron chi connectivity index (χ0n) is 10.9. The van der Waals surface area contributed by atoms with E-state index in [-0.39, 0.29) is 24.8 Å². The van der Waals surface area contributed by atoms with Gasteiger partial charge in [0.15, 0.2) is 0 Å². The number of carbonyl (C=O) groups is 2. The molecule has 0 fully saturated rings. The summed E-state index contributed by atoms with van der Waals surface area (Å²) in [5.41, 5.74) is 0.339. The number of aliphatic carboxylic acids is 1. The summed E-state index contributed by atoms with van der Waals surface area (Å²) in [5.74, 6) is -1.05. The Hall–Kier alpha value is -1.85. The van der Waals surface area contributed by atoms with Crippen LogP contribution in [0, 0.1) is 5.41 Å². The van der Waals surface area contributed by atoms with Crippen molar-refractivity contribution in [1.29, 1.82) is 0 Å². The average Bonchev–Trinajstić information content (AvgIpc) is 2.65. The number of nitrogens with zero attached hydrogens (tertiary/aromatic N) is 1. The molecule has 1 amide bonds. The van der Waals surface area contributed by atoms with Gasteiger partial charge in [0.2, 0.25) is 5.91 Å². The maximum atomic E-state index is 11.8. The maximum Gasteiger partial charge on any atom is 0.303 e. The van der Waals surface area contributed by atoms with Crippen LogP contribution in [0.2, 0.25) is 0 Å². The number of H-pyrrole nitrogens is 1. The topological polar surface area (TPSA) is 95.1 Å². The van der Waals surface area contributed by atoms with Gasteiger partial charge in [-0.15, -0.1) is 0 Å². The summed E-state index contributed by atoms with van der Waals surface area (Å²) in [5, 5.41) is 18.1. The SMILES string of the molecule is CC(NC(=O)CC(C)(C)CC(=O)O)c1cn[nH]c1. The number of nitrogens with one attached hydrogen (secondary N) is 2. The van der Waals surface area contributed by atoms with Crippen LogP contribution in [0.3, 0.4) is 0 Å². The molecule has 0 radical (unpaired) electrons. The quantitative estimate of drug-likeness (QED) is 0.715. The van der Waals surface area contributed by atoms with Gasteiger partial charge in [0.05, 0.1) is 18.7 Å². The van der Waals surface area contributed by atoms with Crippen molar-refractivity contribution in [3.8, 4) is 0 Å². The molecule has 100 valence electrons. The first kappa shape index (κ1) is 14.2. The highest BCUT2D eigenvalue weighted by Gasteiger charge is 2.25. The molecule has 0 aliphatic heterocycles. The van der Waals surface area contributed by atoms with Gasteiger partial charge < -0.3 is 10.4 Å². The molecule has 0 aliphatic rings. The smallest absolute Gasteiger partial charge is 0.303 e. The van der Waals surface area contributed by atoms with Crippen LogP contribution in [-0.4, -0.2) is 27.2 Å². The Kier molecular flexibility index (Phi) is 4.47. The third-order valence-corrected chi connectivity index (χ3v) is 2.67. The summed E-state index contributed by atoms with van der Waals surface area (Å²) >= 11 is 0. The predicted molar refractivity (Wildman–Crippen MR) is 65.8 cm³/mol. The highest BCUT2D eigenvalue weighted by atomic mass is 16.4. The second-order valence-electron chi connectivity index (χ2n) is 5.23. The molecule has 1 heterocycles. The molecule has 0 saturated carbocycles. The summed E-state index contributed by atoms with van der Waals surface area (Å²) < 4.78 is 0. The van der Waals surface area contributed by atoms with Crippen molar-refractivity contribution in [2.45, 2.75) is 39.7 Å². The van der Waals surface area contributed by atoms with Crippen LogP contribution in [0.15, 0.2) is 12.4 Å². The van der Waals surface area contributed by atoms with Crippen molar-refractivity contribution in [3.63, 3.8) is 0 Å². The van der Waals surface area contributed by atoms with Gasteiger partial charge >= 0.3 is 5.97 Å². The van der Waals surface area contributed by atoms with Crippen LogP contribution in [-0.2, 0) is 9.59 Å². The van der Waals surface area contributed by atoms with E-state index in [1.807, 2.05) is 6.92 Å². The summed E-state index contributed by atoms with van der Waals surface area (Å²) in [4.78, 5) is 22.5. The Bertz CT molecular complexity index is 412. The van der Waals surface area contributed by atoms with E-state index >= 15 is 0 Å². The van der Waals surface area contributed by atoms with Crippen molar-refractivity contribution < 1.29 is 14.7 Å². The molecule has 1 rings (SSSR count). The zero-order chi connectivity index (χ0) is 13.8. The predicted octanol–water partition coefficient (Wildman–Crippen LogP) is 1.48. The minimum absolute atomic E-state index is 0.0273. The van der Waals surface area contributed by atoms with Crippen molar-refractivity contribution >= 4 is 11.9 Å². The van der Waals surface area contributed by atoms with E-state index < -0.39 is 11.4 Å². The molecular weight excluding hydrogens is 234 g/mol. The van der Waals surface area contributed by atoms with Crippen LogP contribution in [0.4, 0.5) is 0 Å². The highest BCUT2D eigenvalue weighted by Crippen LogP contribution is 2.25. The van der Waals surface area contributed by atoms with Crippen LogP contribution < -0.4 is 5.32 Å². The molecule has 6 nitrogen and oxygen atoms in total. The van der Waals surface area contributed by atoms with Gasteiger partial charge in [0, 0.05) is 18.2 Å². The van der Waals surface area contributed by atoms with E-state index in [9.17, 15) is 9.59 Å². The Balaban J connectivity index is 2.49. The molecule has 1 aromatic heterocycles. The normalized spacial score (nSPS) is 13.1. The van der Waals surface area contributed by atoms with Gasteiger partial charge in [0.1, 0.15) is 0 Å². The number of hydrogen-bond donors (Lipinski definition) is 3. The molecule has 0 aromatic carbocycles. The van der Waals surface area contributed by atoms with Crippen LogP contribution in [0.25, 0.3) is 0 Å². The summed E-state index contributed by atoms with van der Waals surface area (Å²) in [6.07, 6.45) is 3.52. The van der Waals surface area contributed by atoms with Gasteiger partial charge in [0.25, 0.3) is 0 Å². The molecule has 1 aromatic rings. The van der Waals surface area contributed by atoms with Crippen LogP contribution in [0.5, 0.6) is 0 Å². The average molecular weight is 253 g/mol. The standard InChI is InChI=1S/C12H19N3O3/c1-8(9-6-13-14-7-9)15-10(16)4-12(2,3)5-11(17)18/h6-8H,4-5H2,1-3H3,(H,13,14)(H,15,16)(H,17,18). The minimum Gasteiger partial charge on any atom is -0.481 e. The first-order valence-corrected chi connectivity index (χ1v) is 5.80. The Morgan fingerprint density at radius 2 is 2.17 bits per heavy atom. The third-order valence-electron chi connectivity index (χ3n) is 2.67. The number of carbonyl (C=O) groups excluding carboxylic acids is 1. The molecule has 0 spiro atoms. The Morgan fingerprint density at radius 3 is 2.67 bits per heavy atom. The number of hydrogen-bond acceptors (Lipinski definition) is 3. The van der Waals surface area contributed by atoms with E-state index in [0.717, 1.165) is 5.56 Å². The van der Waals surface area contributed by atoms with E-state index in [4.69, 9.17) is 5.11 Å². The molecule has 3 N–H and O–H groups in total. The van der Waals surface area contributed by atoms with Crippen LogP contribution in [0.1, 0.15) is 45.2 Å². The van der Waals surface area contributed by atoms with Crippen molar-refractivity contribution in [3.05, 3.63) is 18.0 Å². The number of rotatable bonds is 6. The van der Waals surface area contributed by atoms with Crippen molar-refractivity contribution in [2.75, 3.05) is 0 Å². The fourth-order valence-corrected chi connectivity index (χ4v) is 1.78. The molecule has 6 heteroatoms. The summed E-state index contributed by atoms with van der Waals surface area (Å²) in [6.45, 7) is 5.39. The highest BCUT2D eigenvalue weighted by molar-refractivity contribution is 5.78. The molecule has 1 atom stereocenters. The summed E-state index contributed by atoms with van der Waals surface area (Å²) in [6, 6.07) is -0.142. The molecule has 18 heavy (non-hydrogen) atoms. The van der Waals surface area contributed by atoms with Gasteiger partial charge in [-0.2, -0.15) is 5.10 Å². The molecule has 0 bridgehead atoms. The monoisotopic (exact) mass is 253 g/mol. The first-order chi connectivity index (χ1) is 8.30. The van der Waals surface area contributed by atoms with Crippen LogP contribution >= 0.6 is 0 Å². The first-order valence-electron chi connectivity index (χ1n) is 5.80. The molecular formula is C12H19N3O3. The van der Waals surface area contributed by atoms with E-state index in [2.05, 4.69) is 15.5 Å². The Morgan fingerprint density at radius 1 is 1.50 bits per heavy atom. The largest absolute Gasteiger partial charge is 0.481 e. The van der Waals surface area contributed by atoms with E-state index in [1.165, 1.54) is 0 Å². The van der Waals surface area contributed by atoms with Gasteiger partial charge in [-0.1, -0.05) is 13.8 Å². The maximum absolute atomic E-state index is 11.8. The number of amides is 1. The summed E-state index contributed by atoms with van der Waals surface area (Å²) in [7, 11) is 0. The van der Waals surface area contributed by atoms with E-state index in [1.54, 1.807) is 26.2 Å². The zero-order valence-corrected chi connectivity index (χ0v) is 10.9. The second kappa shape index (κ2) is 5.66. The lowest BCUT2D eigenvalue weighted by molar-refractivity contribution is -0.139. The van der Waals surface area contributed by atoms with Crippen molar-refractivity contribution in [1.82, 2.24) is 15.5 Å². The molecule has 0 saturated heterocycles. The number of carboxylic acids is 1. The lowest BCUT2D eigenvalue weighted by Crippen LogP contribution is -2.31. The lowest BCUT2D eigenvalue weighted by atomic mass is 9.85. The van der Waals surface area contributed by atoms with Crippen molar-refractivity contribution in [2.24, 2.45) is 5.41 Å². The molecule has 0 aliphatic carbocycles. The van der Waals surface area contributed by atoms with Gasteiger partial charge in [-0.25, -0.2) is 0 Å². The van der Waals surface area contributed by atoms with Gasteiger partial charge in [-0.05, 0) is 12.3 Å². The lowest BCUT2D eigenvalue weighted by Gasteiger charge is -2.22. The number of carboxylic acid groups (broad SMARTS) is 1. The third kappa shape index (κ3) is 4.57. The fraction of sp³-hybridized carbons (Fsp3) is 0.583. The second-order valence-corrected chi connectivity index (χ2v) is 5.23. The van der Waals surface area contributed by atoms with Gasteiger partial charge in [-0.3, -0.25) is 14.7 Å². The minimum atomic E-state index is -0.893. The number of aromatic nitrogens is 2. The number of aromatic amines is 1. The Labute approximate surface area is 106 Å². The molecule has 1 unspecified atom stereocenters. The van der Waals surface area contributed by atoms with E-state index in [0.29, 0.717) is 0 Å².